The van der Waals surface area contributed by atoms with Crippen LogP contribution in [0.15, 0.2) is 18.2 Å². The number of hydrogen-bond donors (Lipinski definition) is 2. The van der Waals surface area contributed by atoms with E-state index < -0.39 is 6.04 Å². The van der Waals surface area contributed by atoms with Crippen LogP contribution >= 0.6 is 0 Å². The third-order valence-corrected chi connectivity index (χ3v) is 4.60. The largest absolute Gasteiger partial charge is 0.374 e. The van der Waals surface area contributed by atoms with Gasteiger partial charge in [-0.1, -0.05) is 0 Å². The minimum atomic E-state index is -0.531. The van der Waals surface area contributed by atoms with Gasteiger partial charge in [0, 0.05) is 31.1 Å². The molecule has 0 spiro atoms. The van der Waals surface area contributed by atoms with Crippen LogP contribution in [0.5, 0.6) is 0 Å². The summed E-state index contributed by atoms with van der Waals surface area (Å²) in [6, 6.07) is 4.25. The summed E-state index contributed by atoms with van der Waals surface area (Å²) >= 11 is 0. The lowest BCUT2D eigenvalue weighted by molar-refractivity contribution is -0.133. The first-order valence-corrected chi connectivity index (χ1v) is 8.17. The zero-order chi connectivity index (χ0) is 17.1. The fraction of sp³-hybridized carbons (Fsp3) is 0.471. The van der Waals surface area contributed by atoms with Gasteiger partial charge in [0.1, 0.15) is 18.1 Å². The molecule has 3 rings (SSSR count). The lowest BCUT2D eigenvalue weighted by atomic mass is 9.98. The Kier molecular flexibility index (Phi) is 4.78. The van der Waals surface area contributed by atoms with Crippen LogP contribution in [0.25, 0.3) is 0 Å². The number of imide groups is 1. The fourth-order valence-electron chi connectivity index (χ4n) is 3.16. The molecule has 2 aliphatic rings. The van der Waals surface area contributed by atoms with Crippen LogP contribution < -0.4 is 15.5 Å². The van der Waals surface area contributed by atoms with Gasteiger partial charge in [-0.2, -0.15) is 0 Å². The molecule has 128 valence electrons. The second kappa shape index (κ2) is 6.98. The monoisotopic (exact) mass is 333 g/mol. The van der Waals surface area contributed by atoms with E-state index in [9.17, 15) is 18.8 Å². The number of hydrogen-bond acceptors (Lipinski definition) is 5. The van der Waals surface area contributed by atoms with Gasteiger partial charge in [-0.05, 0) is 37.5 Å². The lowest BCUT2D eigenvalue weighted by Gasteiger charge is -2.32. The minimum absolute atomic E-state index is 0.0674. The maximum absolute atomic E-state index is 14.4. The lowest BCUT2D eigenvalue weighted by Crippen LogP contribution is -2.47. The molecule has 1 atom stereocenters. The van der Waals surface area contributed by atoms with Gasteiger partial charge in [-0.25, -0.2) is 4.39 Å². The quantitative estimate of drug-likeness (QED) is 0.644. The minimum Gasteiger partial charge on any atom is -0.374 e. The molecule has 0 aliphatic carbocycles. The van der Waals surface area contributed by atoms with Crippen LogP contribution in [0.1, 0.15) is 25.7 Å². The van der Waals surface area contributed by atoms with Crippen molar-refractivity contribution in [2.75, 3.05) is 23.3 Å². The van der Waals surface area contributed by atoms with Gasteiger partial charge in [0.05, 0.1) is 5.69 Å². The van der Waals surface area contributed by atoms with Crippen molar-refractivity contribution in [2.45, 2.75) is 31.7 Å². The molecule has 2 amide bonds. The zero-order valence-corrected chi connectivity index (χ0v) is 13.3. The number of anilines is 2. The molecule has 1 aromatic rings. The number of nitrogens with zero attached hydrogens (tertiary/aromatic N) is 1. The Bertz CT molecular complexity index is 656. The van der Waals surface area contributed by atoms with Crippen LogP contribution in [-0.4, -0.2) is 37.2 Å². The van der Waals surface area contributed by atoms with Crippen molar-refractivity contribution in [3.8, 4) is 0 Å². The summed E-state index contributed by atoms with van der Waals surface area (Å²) in [5.74, 6) is -0.959. The Morgan fingerprint density at radius 2 is 1.96 bits per heavy atom. The summed E-state index contributed by atoms with van der Waals surface area (Å²) in [5, 5.41) is 5.24. The Hall–Kier alpha value is -2.44. The van der Waals surface area contributed by atoms with Crippen molar-refractivity contribution >= 4 is 29.5 Å². The topological polar surface area (TPSA) is 78.5 Å². The van der Waals surface area contributed by atoms with Gasteiger partial charge in [-0.3, -0.25) is 14.9 Å². The van der Waals surface area contributed by atoms with Crippen molar-refractivity contribution in [1.82, 2.24) is 5.32 Å². The third-order valence-electron chi connectivity index (χ3n) is 4.60. The van der Waals surface area contributed by atoms with Crippen molar-refractivity contribution in [3.05, 3.63) is 24.0 Å². The highest BCUT2D eigenvalue weighted by molar-refractivity contribution is 6.01. The van der Waals surface area contributed by atoms with E-state index in [0.717, 1.165) is 19.1 Å². The summed E-state index contributed by atoms with van der Waals surface area (Å²) < 4.78 is 14.4. The van der Waals surface area contributed by atoms with Crippen LogP contribution in [0, 0.1) is 11.7 Å². The van der Waals surface area contributed by atoms with E-state index in [0.29, 0.717) is 30.9 Å². The number of carbonyl (C=O) groups excluding carboxylic acids is 3. The maximum atomic E-state index is 14.4. The Labute approximate surface area is 139 Å². The van der Waals surface area contributed by atoms with Gasteiger partial charge in [0.2, 0.25) is 11.8 Å². The Balaban J connectivity index is 1.65. The molecule has 0 unspecified atom stereocenters. The number of carbonyl (C=O) groups is 3. The number of halogens is 1. The number of benzene rings is 1. The van der Waals surface area contributed by atoms with E-state index in [1.165, 1.54) is 6.07 Å². The molecule has 0 aromatic heterocycles. The van der Waals surface area contributed by atoms with E-state index in [-0.39, 0.29) is 30.0 Å². The summed E-state index contributed by atoms with van der Waals surface area (Å²) in [7, 11) is 0. The predicted molar refractivity (Wildman–Crippen MR) is 87.2 cm³/mol. The number of aldehydes is 1. The molecule has 7 heteroatoms. The van der Waals surface area contributed by atoms with Crippen molar-refractivity contribution in [2.24, 2.45) is 5.92 Å². The first-order chi connectivity index (χ1) is 11.6. The van der Waals surface area contributed by atoms with E-state index in [1.807, 2.05) is 4.90 Å². The molecular weight excluding hydrogens is 313 g/mol. The summed E-state index contributed by atoms with van der Waals surface area (Å²) in [6.07, 6.45) is 3.11. The highest BCUT2D eigenvalue weighted by Gasteiger charge is 2.27. The van der Waals surface area contributed by atoms with Gasteiger partial charge in [0.15, 0.2) is 0 Å². The molecule has 1 aromatic carbocycles. The molecule has 2 fully saturated rings. The van der Waals surface area contributed by atoms with Gasteiger partial charge in [0.25, 0.3) is 0 Å². The number of piperidine rings is 2. The molecule has 0 saturated carbocycles. The fourth-order valence-corrected chi connectivity index (χ4v) is 3.16. The van der Waals surface area contributed by atoms with Crippen molar-refractivity contribution in [3.63, 3.8) is 0 Å². The van der Waals surface area contributed by atoms with Crippen LogP contribution in [-0.2, 0) is 14.4 Å². The van der Waals surface area contributed by atoms with Gasteiger partial charge < -0.3 is 15.0 Å². The second-order valence-electron chi connectivity index (χ2n) is 6.27. The van der Waals surface area contributed by atoms with E-state index >= 15 is 0 Å². The molecule has 0 radical (unpaired) electrons. The Morgan fingerprint density at radius 3 is 2.58 bits per heavy atom. The average molecular weight is 333 g/mol. The van der Waals surface area contributed by atoms with Crippen LogP contribution in [0.4, 0.5) is 15.8 Å². The number of amides is 2. The molecule has 6 nitrogen and oxygen atoms in total. The third kappa shape index (κ3) is 3.55. The maximum Gasteiger partial charge on any atom is 0.249 e. The molecule has 2 heterocycles. The number of rotatable bonds is 4. The zero-order valence-electron chi connectivity index (χ0n) is 13.3. The van der Waals surface area contributed by atoms with Gasteiger partial charge >= 0.3 is 0 Å². The van der Waals surface area contributed by atoms with E-state index in [2.05, 4.69) is 10.6 Å². The molecule has 2 saturated heterocycles. The van der Waals surface area contributed by atoms with E-state index in [4.69, 9.17) is 0 Å². The van der Waals surface area contributed by atoms with Crippen LogP contribution in [0.3, 0.4) is 0 Å². The molecular formula is C17H20FN3O3. The second-order valence-corrected chi connectivity index (χ2v) is 6.27. The SMILES string of the molecule is O=CC1CCN(c2ccc(N[C@@H]3CCC(=O)NC3=O)cc2F)CC1. The van der Waals surface area contributed by atoms with Crippen LogP contribution in [0.2, 0.25) is 0 Å². The smallest absolute Gasteiger partial charge is 0.249 e. The highest BCUT2D eigenvalue weighted by atomic mass is 19.1. The average Bonchev–Trinajstić information content (AvgIpc) is 2.58. The molecule has 0 bridgehead atoms. The van der Waals surface area contributed by atoms with Crippen molar-refractivity contribution < 1.29 is 18.8 Å². The molecule has 24 heavy (non-hydrogen) atoms. The predicted octanol–water partition coefficient (Wildman–Crippen LogP) is 1.46. The van der Waals surface area contributed by atoms with Crippen molar-refractivity contribution in [1.29, 1.82) is 0 Å². The van der Waals surface area contributed by atoms with Gasteiger partial charge in [-0.15, -0.1) is 0 Å². The molecule has 2 N–H and O–H groups in total. The Morgan fingerprint density at radius 1 is 1.21 bits per heavy atom. The first-order valence-electron chi connectivity index (χ1n) is 8.17. The number of nitrogens with one attached hydrogen (secondary N) is 2. The summed E-state index contributed by atoms with van der Waals surface area (Å²) in [4.78, 5) is 35.6. The highest BCUT2D eigenvalue weighted by Crippen LogP contribution is 2.27. The normalized spacial score (nSPS) is 22.2. The summed E-state index contributed by atoms with van der Waals surface area (Å²) in [6.45, 7) is 1.31. The summed E-state index contributed by atoms with van der Waals surface area (Å²) in [5.41, 5.74) is 1.02. The standard InChI is InChI=1S/C17H20FN3O3/c18-13-9-12(19-14-2-4-16(23)20-17(14)24)1-3-15(13)21-7-5-11(10-22)6-8-21/h1,3,9-11,14,19H,2,4-8H2,(H,20,23,24)/t14-/m1/s1. The molecule has 2 aliphatic heterocycles. The first kappa shape index (κ1) is 16.4. The van der Waals surface area contributed by atoms with E-state index in [1.54, 1.807) is 12.1 Å².